The van der Waals surface area contributed by atoms with Crippen LogP contribution in [-0.4, -0.2) is 36.7 Å². The largest absolute Gasteiger partial charge is 0.378 e. The van der Waals surface area contributed by atoms with Crippen LogP contribution in [0.25, 0.3) is 0 Å². The lowest BCUT2D eigenvalue weighted by molar-refractivity contribution is -0.118. The zero-order valence-corrected chi connectivity index (χ0v) is 13.1. The number of thioether (sulfide) groups is 1. The van der Waals surface area contributed by atoms with Crippen LogP contribution in [0.15, 0.2) is 24.3 Å². The molecule has 0 saturated carbocycles. The maximum Gasteiger partial charge on any atom is 0.227 e. The van der Waals surface area contributed by atoms with Crippen molar-refractivity contribution < 1.29 is 9.53 Å². The van der Waals surface area contributed by atoms with Gasteiger partial charge in [-0.25, -0.2) is 0 Å². The molecule has 0 bridgehead atoms. The molecular weight excluding hydrogens is 270 g/mol. The lowest BCUT2D eigenvalue weighted by Gasteiger charge is -2.17. The van der Waals surface area contributed by atoms with Gasteiger partial charge in [0.15, 0.2) is 0 Å². The second-order valence-electron chi connectivity index (χ2n) is 5.21. The van der Waals surface area contributed by atoms with E-state index in [1.54, 1.807) is 11.8 Å². The SMILES string of the molecule is CC(C)OCCSCCC(=O)N1CCc2ccccc21. The number of benzene rings is 1. The molecule has 0 atom stereocenters. The van der Waals surface area contributed by atoms with Crippen LogP contribution in [0.5, 0.6) is 0 Å². The van der Waals surface area contributed by atoms with Gasteiger partial charge in [0.25, 0.3) is 0 Å². The van der Waals surface area contributed by atoms with E-state index < -0.39 is 0 Å². The molecule has 4 heteroatoms. The Labute approximate surface area is 125 Å². The van der Waals surface area contributed by atoms with Crippen LogP contribution < -0.4 is 4.90 Å². The summed E-state index contributed by atoms with van der Waals surface area (Å²) < 4.78 is 5.48. The van der Waals surface area contributed by atoms with Crippen molar-refractivity contribution in [3.05, 3.63) is 29.8 Å². The molecule has 1 aromatic carbocycles. The van der Waals surface area contributed by atoms with Gasteiger partial charge in [-0.2, -0.15) is 11.8 Å². The van der Waals surface area contributed by atoms with E-state index in [-0.39, 0.29) is 5.91 Å². The molecule has 1 aromatic rings. The fraction of sp³-hybridized carbons (Fsp3) is 0.562. The van der Waals surface area contributed by atoms with Crippen LogP contribution in [0.4, 0.5) is 5.69 Å². The van der Waals surface area contributed by atoms with Gasteiger partial charge in [-0.1, -0.05) is 18.2 Å². The monoisotopic (exact) mass is 293 g/mol. The van der Waals surface area contributed by atoms with Crippen LogP contribution in [0.1, 0.15) is 25.8 Å². The van der Waals surface area contributed by atoms with Crippen LogP contribution in [-0.2, 0) is 16.0 Å². The third-order valence-corrected chi connectivity index (χ3v) is 4.28. The lowest BCUT2D eigenvalue weighted by Crippen LogP contribution is -2.29. The Bertz CT molecular complexity index is 448. The fourth-order valence-corrected chi connectivity index (χ4v) is 3.07. The van der Waals surface area contributed by atoms with Crippen LogP contribution in [0, 0.1) is 0 Å². The van der Waals surface area contributed by atoms with Crippen molar-refractivity contribution >= 4 is 23.4 Å². The van der Waals surface area contributed by atoms with Gasteiger partial charge in [0.05, 0.1) is 12.7 Å². The molecule has 3 nitrogen and oxygen atoms in total. The van der Waals surface area contributed by atoms with Crippen molar-refractivity contribution in [3.63, 3.8) is 0 Å². The summed E-state index contributed by atoms with van der Waals surface area (Å²) in [5, 5.41) is 0. The molecule has 0 N–H and O–H groups in total. The highest BCUT2D eigenvalue weighted by molar-refractivity contribution is 7.99. The Morgan fingerprint density at radius 2 is 2.15 bits per heavy atom. The molecule has 0 unspecified atom stereocenters. The molecule has 0 spiro atoms. The first kappa shape index (κ1) is 15.4. The van der Waals surface area contributed by atoms with Gasteiger partial charge in [0.1, 0.15) is 0 Å². The Morgan fingerprint density at radius 3 is 2.95 bits per heavy atom. The van der Waals surface area contributed by atoms with Crippen LogP contribution in [0.3, 0.4) is 0 Å². The van der Waals surface area contributed by atoms with Crippen LogP contribution >= 0.6 is 11.8 Å². The highest BCUT2D eigenvalue weighted by atomic mass is 32.2. The van der Waals surface area contributed by atoms with Crippen molar-refractivity contribution in [3.8, 4) is 0 Å². The molecule has 0 saturated heterocycles. The van der Waals surface area contributed by atoms with Crippen molar-refractivity contribution in [2.45, 2.75) is 32.8 Å². The summed E-state index contributed by atoms with van der Waals surface area (Å²) in [6.45, 7) is 5.68. The summed E-state index contributed by atoms with van der Waals surface area (Å²) in [5.74, 6) is 2.08. The summed E-state index contributed by atoms with van der Waals surface area (Å²) in [6, 6.07) is 8.20. The molecule has 0 aromatic heterocycles. The van der Waals surface area contributed by atoms with Gasteiger partial charge in [0, 0.05) is 30.2 Å². The van der Waals surface area contributed by atoms with Gasteiger partial charge in [-0.3, -0.25) is 4.79 Å². The molecule has 1 amide bonds. The molecule has 1 aliphatic rings. The molecular formula is C16H23NO2S. The molecule has 0 aliphatic carbocycles. The highest BCUT2D eigenvalue weighted by Crippen LogP contribution is 2.28. The Balaban J connectivity index is 1.69. The van der Waals surface area contributed by atoms with E-state index in [0.29, 0.717) is 12.5 Å². The van der Waals surface area contributed by atoms with Gasteiger partial charge in [-0.15, -0.1) is 0 Å². The molecule has 1 heterocycles. The summed E-state index contributed by atoms with van der Waals surface area (Å²) in [5.41, 5.74) is 2.39. The number of rotatable bonds is 7. The number of anilines is 1. The fourth-order valence-electron chi connectivity index (χ4n) is 2.34. The highest BCUT2D eigenvalue weighted by Gasteiger charge is 2.23. The predicted molar refractivity (Wildman–Crippen MR) is 85.5 cm³/mol. The average molecular weight is 293 g/mol. The van der Waals surface area contributed by atoms with E-state index in [4.69, 9.17) is 4.74 Å². The first-order chi connectivity index (χ1) is 9.68. The number of fused-ring (bicyclic) bond motifs is 1. The Kier molecular flexibility index (Phi) is 5.92. The minimum atomic E-state index is 0.243. The van der Waals surface area contributed by atoms with E-state index >= 15 is 0 Å². The topological polar surface area (TPSA) is 29.5 Å². The number of hydrogen-bond donors (Lipinski definition) is 0. The minimum Gasteiger partial charge on any atom is -0.378 e. The Morgan fingerprint density at radius 1 is 1.35 bits per heavy atom. The van der Waals surface area contributed by atoms with Crippen molar-refractivity contribution in [1.82, 2.24) is 0 Å². The average Bonchev–Trinajstić information content (AvgIpc) is 2.86. The molecule has 2 rings (SSSR count). The predicted octanol–water partition coefficient (Wildman–Crippen LogP) is 3.12. The number of amides is 1. The number of ether oxygens (including phenoxy) is 1. The van der Waals surface area contributed by atoms with E-state index in [9.17, 15) is 4.79 Å². The van der Waals surface area contributed by atoms with E-state index in [1.807, 2.05) is 36.9 Å². The first-order valence-corrected chi connectivity index (χ1v) is 8.41. The standard InChI is InChI=1S/C16H23NO2S/c1-13(2)19-10-12-20-11-8-16(18)17-9-7-14-5-3-4-6-15(14)17/h3-6,13H,7-12H2,1-2H3. The molecule has 0 radical (unpaired) electrons. The summed E-state index contributed by atoms with van der Waals surface area (Å²) in [7, 11) is 0. The first-order valence-electron chi connectivity index (χ1n) is 7.26. The Hall–Kier alpha value is -1.00. The zero-order chi connectivity index (χ0) is 14.4. The minimum absolute atomic E-state index is 0.243. The number of carbonyl (C=O) groups excluding carboxylic acids is 1. The van der Waals surface area contributed by atoms with Gasteiger partial charge in [-0.05, 0) is 31.9 Å². The van der Waals surface area contributed by atoms with Gasteiger partial charge >= 0.3 is 0 Å². The van der Waals surface area contributed by atoms with Gasteiger partial charge in [0.2, 0.25) is 5.91 Å². The third-order valence-electron chi connectivity index (χ3n) is 3.33. The number of nitrogens with zero attached hydrogens (tertiary/aromatic N) is 1. The molecule has 110 valence electrons. The van der Waals surface area contributed by atoms with E-state index in [0.717, 1.165) is 36.8 Å². The maximum absolute atomic E-state index is 12.2. The number of para-hydroxylation sites is 1. The summed E-state index contributed by atoms with van der Waals surface area (Å²) in [4.78, 5) is 14.2. The quantitative estimate of drug-likeness (QED) is 0.723. The zero-order valence-electron chi connectivity index (χ0n) is 12.3. The van der Waals surface area contributed by atoms with Crippen molar-refractivity contribution in [2.24, 2.45) is 0 Å². The number of hydrogen-bond acceptors (Lipinski definition) is 3. The normalized spacial score (nSPS) is 13.8. The van der Waals surface area contributed by atoms with Crippen LogP contribution in [0.2, 0.25) is 0 Å². The maximum atomic E-state index is 12.2. The molecule has 0 fully saturated rings. The van der Waals surface area contributed by atoms with E-state index in [1.165, 1.54) is 5.56 Å². The smallest absolute Gasteiger partial charge is 0.227 e. The number of carbonyl (C=O) groups is 1. The lowest BCUT2D eigenvalue weighted by atomic mass is 10.2. The van der Waals surface area contributed by atoms with Gasteiger partial charge < -0.3 is 9.64 Å². The second-order valence-corrected chi connectivity index (χ2v) is 6.43. The molecule has 1 aliphatic heterocycles. The third kappa shape index (κ3) is 4.25. The summed E-state index contributed by atoms with van der Waals surface area (Å²) in [6.07, 6.45) is 1.89. The molecule has 20 heavy (non-hydrogen) atoms. The van der Waals surface area contributed by atoms with Crippen molar-refractivity contribution in [2.75, 3.05) is 29.6 Å². The van der Waals surface area contributed by atoms with E-state index in [2.05, 4.69) is 6.07 Å². The summed E-state index contributed by atoms with van der Waals surface area (Å²) >= 11 is 1.79. The van der Waals surface area contributed by atoms with Crippen molar-refractivity contribution in [1.29, 1.82) is 0 Å². The second kappa shape index (κ2) is 7.70.